The Bertz CT molecular complexity index is 1460. The number of rotatable bonds is 7. The van der Waals surface area contributed by atoms with Crippen LogP contribution in [-0.2, 0) is 20.0 Å². The zero-order valence-electron chi connectivity index (χ0n) is 18.2. The zero-order valence-corrected chi connectivity index (χ0v) is 21.4. The smallest absolute Gasteiger partial charge is 0.267 e. The van der Waals surface area contributed by atoms with Crippen LogP contribution in [0.15, 0.2) is 26.9 Å². The van der Waals surface area contributed by atoms with E-state index in [4.69, 9.17) is 16.1 Å². The van der Waals surface area contributed by atoms with E-state index in [1.165, 1.54) is 18.4 Å². The van der Waals surface area contributed by atoms with Crippen molar-refractivity contribution in [3.8, 4) is 0 Å². The van der Waals surface area contributed by atoms with Crippen molar-refractivity contribution in [2.75, 3.05) is 21.0 Å². The molecule has 2 aromatic heterocycles. The Labute approximate surface area is 200 Å². The molecule has 3 rings (SSSR count). The molecule has 0 saturated heterocycles. The predicted molar refractivity (Wildman–Crippen MR) is 128 cm³/mol. The van der Waals surface area contributed by atoms with Crippen LogP contribution in [-0.4, -0.2) is 34.2 Å². The highest BCUT2D eigenvalue weighted by Crippen LogP contribution is 2.33. The van der Waals surface area contributed by atoms with Gasteiger partial charge in [0.1, 0.15) is 14.8 Å². The Morgan fingerprint density at radius 3 is 2.27 bits per heavy atom. The van der Waals surface area contributed by atoms with Gasteiger partial charge < -0.3 is 9.84 Å². The Morgan fingerprint density at radius 2 is 1.70 bits per heavy atom. The average Bonchev–Trinajstić information content (AvgIpc) is 3.31. The largest absolute Gasteiger partial charge is 0.358 e. The number of benzene rings is 1. The number of hydrogen-bond acceptors (Lipinski definition) is 8. The second-order valence-electron chi connectivity index (χ2n) is 7.33. The van der Waals surface area contributed by atoms with Gasteiger partial charge in [-0.1, -0.05) is 22.8 Å². The number of thiophene rings is 1. The molecule has 0 radical (unpaired) electrons. The summed E-state index contributed by atoms with van der Waals surface area (Å²) in [6, 6.07) is 3.01. The van der Waals surface area contributed by atoms with Gasteiger partial charge >= 0.3 is 0 Å². The third-order valence-electron chi connectivity index (χ3n) is 4.64. The van der Waals surface area contributed by atoms with Crippen LogP contribution in [0.2, 0.25) is 5.02 Å². The molecule has 0 atom stereocenters. The van der Waals surface area contributed by atoms with E-state index in [0.717, 1.165) is 17.6 Å². The van der Waals surface area contributed by atoms with Gasteiger partial charge in [-0.2, -0.15) is 0 Å². The third-order valence-corrected chi connectivity index (χ3v) is 8.09. The van der Waals surface area contributed by atoms with E-state index < -0.39 is 26.0 Å². The Morgan fingerprint density at radius 1 is 1.06 bits per heavy atom. The summed E-state index contributed by atoms with van der Waals surface area (Å²) in [6.07, 6.45) is 1.03. The number of nitrogens with one attached hydrogen (secondary N) is 3. The fourth-order valence-electron chi connectivity index (χ4n) is 3.17. The number of anilines is 3. The molecule has 10 nitrogen and oxygen atoms in total. The number of sulfonamides is 2. The van der Waals surface area contributed by atoms with Crippen LogP contribution in [0.4, 0.5) is 17.2 Å². The highest BCUT2D eigenvalue weighted by molar-refractivity contribution is 7.93. The van der Waals surface area contributed by atoms with Crippen molar-refractivity contribution in [1.29, 1.82) is 0 Å². The molecule has 0 aliphatic rings. The molecule has 1 aromatic carbocycles. The van der Waals surface area contributed by atoms with E-state index in [1.54, 1.807) is 26.8 Å². The lowest BCUT2D eigenvalue weighted by atomic mass is 10.0. The van der Waals surface area contributed by atoms with Crippen LogP contribution < -0.4 is 14.8 Å². The Hall–Kier alpha value is -2.61. The maximum absolute atomic E-state index is 13.1. The summed E-state index contributed by atoms with van der Waals surface area (Å²) in [4.78, 5) is 12.7. The highest BCUT2D eigenvalue weighted by Gasteiger charge is 2.27. The number of carbonyl (C=O) groups excluding carboxylic acids is 1. The minimum atomic E-state index is -4.21. The SMILES string of the molecule is Cc1cc(C)c(NS(C)(=O)=O)c(C)c1NC(=O)c1sccc1S(=O)(=O)Nc1noc(C)c1Cl. The molecule has 178 valence electrons. The summed E-state index contributed by atoms with van der Waals surface area (Å²) >= 11 is 6.92. The van der Waals surface area contributed by atoms with Crippen LogP contribution in [0.25, 0.3) is 0 Å². The van der Waals surface area contributed by atoms with E-state index in [2.05, 4.69) is 19.9 Å². The van der Waals surface area contributed by atoms with E-state index in [9.17, 15) is 21.6 Å². The number of carbonyl (C=O) groups is 1. The summed E-state index contributed by atoms with van der Waals surface area (Å²) in [7, 11) is -7.76. The Kier molecular flexibility index (Phi) is 6.80. The van der Waals surface area contributed by atoms with Gasteiger partial charge in [0.15, 0.2) is 5.76 Å². The van der Waals surface area contributed by atoms with Gasteiger partial charge in [0.05, 0.1) is 11.9 Å². The molecule has 0 fully saturated rings. The Balaban J connectivity index is 1.96. The maximum Gasteiger partial charge on any atom is 0.267 e. The quantitative estimate of drug-likeness (QED) is 0.415. The molecule has 1 amide bonds. The van der Waals surface area contributed by atoms with Crippen molar-refractivity contribution in [3.05, 3.63) is 49.9 Å². The minimum absolute atomic E-state index is 0.0108. The molecular weight excluding hydrogens is 512 g/mol. The lowest BCUT2D eigenvalue weighted by molar-refractivity contribution is 0.102. The number of halogens is 1. The first-order valence-corrected chi connectivity index (χ1v) is 14.0. The van der Waals surface area contributed by atoms with Crippen LogP contribution in [0.5, 0.6) is 0 Å². The summed E-state index contributed by atoms with van der Waals surface area (Å²) in [6.45, 7) is 6.68. The first kappa shape index (κ1) is 25.0. The van der Waals surface area contributed by atoms with Crippen molar-refractivity contribution in [3.63, 3.8) is 0 Å². The van der Waals surface area contributed by atoms with E-state index in [1.807, 2.05) is 0 Å². The number of amides is 1. The minimum Gasteiger partial charge on any atom is -0.358 e. The molecule has 3 N–H and O–H groups in total. The van der Waals surface area contributed by atoms with Crippen LogP contribution >= 0.6 is 22.9 Å². The molecule has 0 spiro atoms. The average molecular weight is 533 g/mol. The van der Waals surface area contributed by atoms with Crippen LogP contribution in [0.1, 0.15) is 32.1 Å². The van der Waals surface area contributed by atoms with Gasteiger partial charge in [-0.3, -0.25) is 14.2 Å². The molecule has 0 saturated carbocycles. The first-order valence-electron chi connectivity index (χ1n) is 9.33. The second-order valence-corrected chi connectivity index (χ2v) is 12.0. The summed E-state index contributed by atoms with van der Waals surface area (Å²) < 4.78 is 58.8. The van der Waals surface area contributed by atoms with Crippen molar-refractivity contribution < 1.29 is 26.2 Å². The lowest BCUT2D eigenvalue weighted by Gasteiger charge is -2.18. The monoisotopic (exact) mass is 532 g/mol. The number of hydrogen-bond donors (Lipinski definition) is 3. The van der Waals surface area contributed by atoms with Crippen LogP contribution in [0.3, 0.4) is 0 Å². The molecule has 0 aliphatic carbocycles. The van der Waals surface area contributed by atoms with Crippen molar-refractivity contribution >= 4 is 66.1 Å². The standard InChI is InChI=1S/C19H21ClN4O6S3/c1-9-8-10(2)16(23-32(5,26)27)11(3)15(9)21-19(25)17-13(6-7-31-17)33(28,29)24-18-14(20)12(4)30-22-18/h6-8,23H,1-5H3,(H,21,25)(H,22,24). The molecule has 0 unspecified atom stereocenters. The fraction of sp³-hybridized carbons (Fsp3) is 0.263. The number of nitrogens with zero attached hydrogens (tertiary/aromatic N) is 1. The van der Waals surface area contributed by atoms with E-state index >= 15 is 0 Å². The topological polar surface area (TPSA) is 147 Å². The normalized spacial score (nSPS) is 11.9. The fourth-order valence-corrected chi connectivity index (χ4v) is 6.36. The second kappa shape index (κ2) is 8.97. The molecule has 14 heteroatoms. The number of aromatic nitrogens is 1. The van der Waals surface area contributed by atoms with Gasteiger partial charge in [-0.15, -0.1) is 11.3 Å². The summed E-state index contributed by atoms with van der Waals surface area (Å²) in [5.41, 5.74) is 2.57. The zero-order chi connectivity index (χ0) is 24.7. The molecule has 0 bridgehead atoms. The van der Waals surface area contributed by atoms with Gasteiger partial charge in [-0.25, -0.2) is 16.8 Å². The molecule has 0 aliphatic heterocycles. The van der Waals surface area contributed by atoms with Gasteiger partial charge in [0, 0.05) is 5.69 Å². The third kappa shape index (κ3) is 5.32. The van der Waals surface area contributed by atoms with E-state index in [-0.39, 0.29) is 26.4 Å². The predicted octanol–water partition coefficient (Wildman–Crippen LogP) is 4.05. The molecule has 2 heterocycles. The van der Waals surface area contributed by atoms with Crippen molar-refractivity contribution in [2.24, 2.45) is 0 Å². The molecule has 33 heavy (non-hydrogen) atoms. The van der Waals surface area contributed by atoms with Gasteiger partial charge in [0.25, 0.3) is 15.9 Å². The van der Waals surface area contributed by atoms with Gasteiger partial charge in [0.2, 0.25) is 15.8 Å². The summed E-state index contributed by atoms with van der Waals surface area (Å²) in [5, 5.41) is 7.76. The number of aryl methyl sites for hydroxylation is 3. The molecular formula is C19H21ClN4O6S3. The molecule has 3 aromatic rings. The maximum atomic E-state index is 13.1. The lowest BCUT2D eigenvalue weighted by Crippen LogP contribution is -2.20. The van der Waals surface area contributed by atoms with Gasteiger partial charge in [-0.05, 0) is 55.8 Å². The van der Waals surface area contributed by atoms with Crippen LogP contribution in [0, 0.1) is 27.7 Å². The first-order chi connectivity index (χ1) is 15.2. The highest BCUT2D eigenvalue weighted by atomic mass is 35.5. The van der Waals surface area contributed by atoms with Crippen molar-refractivity contribution in [1.82, 2.24) is 5.16 Å². The van der Waals surface area contributed by atoms with Crippen molar-refractivity contribution in [2.45, 2.75) is 32.6 Å². The van der Waals surface area contributed by atoms with E-state index in [0.29, 0.717) is 28.1 Å². The summed E-state index contributed by atoms with van der Waals surface area (Å²) in [5.74, 6) is -0.622.